The lowest BCUT2D eigenvalue weighted by Gasteiger charge is -2.08. The topological polar surface area (TPSA) is 39.0 Å². The van der Waals surface area contributed by atoms with Crippen LogP contribution in [0.2, 0.25) is 0 Å². The zero-order valence-corrected chi connectivity index (χ0v) is 13.4. The van der Waals surface area contributed by atoms with E-state index in [1.807, 2.05) is 38.1 Å². The number of hydrogen-bond donors (Lipinski definition) is 0. The summed E-state index contributed by atoms with van der Waals surface area (Å²) in [5, 5.41) is 0. The molecule has 0 bridgehead atoms. The van der Waals surface area contributed by atoms with Gasteiger partial charge in [-0.15, -0.1) is 0 Å². The molecule has 0 aliphatic carbocycles. The van der Waals surface area contributed by atoms with Crippen LogP contribution >= 0.6 is 0 Å². The van der Waals surface area contributed by atoms with E-state index in [4.69, 9.17) is 18.6 Å². The highest BCUT2D eigenvalue weighted by molar-refractivity contribution is 5.64. The highest BCUT2D eigenvalue weighted by atomic mass is 16.5. The fourth-order valence-electron chi connectivity index (χ4n) is 2.17. The van der Waals surface area contributed by atoms with Crippen LogP contribution in [-0.2, 0) is 9.47 Å². The first-order chi connectivity index (χ1) is 10.7. The van der Waals surface area contributed by atoms with Crippen molar-refractivity contribution in [1.82, 2.24) is 0 Å². The summed E-state index contributed by atoms with van der Waals surface area (Å²) in [6.07, 6.45) is 0. The van der Waals surface area contributed by atoms with Crippen molar-refractivity contribution in [3.63, 3.8) is 0 Å². The Labute approximate surface area is 131 Å². The van der Waals surface area contributed by atoms with Gasteiger partial charge in [-0.2, -0.15) is 0 Å². The number of aryl methyl sites for hydroxylation is 2. The van der Waals surface area contributed by atoms with Gasteiger partial charge in [-0.25, -0.2) is 4.42 Å². The lowest BCUT2D eigenvalue weighted by molar-refractivity contribution is 0.0544. The van der Waals surface area contributed by atoms with Gasteiger partial charge in [0.1, 0.15) is 12.4 Å². The van der Waals surface area contributed by atoms with Crippen molar-refractivity contribution in [2.24, 2.45) is 0 Å². The highest BCUT2D eigenvalue weighted by Gasteiger charge is 2.09. The summed E-state index contributed by atoms with van der Waals surface area (Å²) < 4.78 is 21.4. The van der Waals surface area contributed by atoms with Gasteiger partial charge in [0.2, 0.25) is 0 Å². The number of benzene rings is 1. The number of methoxy groups -OCH3 is 1. The third kappa shape index (κ3) is 5.13. The second-order valence-electron chi connectivity index (χ2n) is 5.05. The summed E-state index contributed by atoms with van der Waals surface area (Å²) in [5.74, 6) is 2.65. The maximum Gasteiger partial charge on any atom is 0.327 e. The average molecular weight is 303 g/mol. The van der Waals surface area contributed by atoms with Gasteiger partial charge in [0.25, 0.3) is 0 Å². The normalized spacial score (nSPS) is 10.7. The fourth-order valence-corrected chi connectivity index (χ4v) is 2.17. The minimum absolute atomic E-state index is 0.533. The molecule has 0 amide bonds. The van der Waals surface area contributed by atoms with Crippen LogP contribution in [-0.4, -0.2) is 33.5 Å². The van der Waals surface area contributed by atoms with E-state index < -0.39 is 0 Å². The summed E-state index contributed by atoms with van der Waals surface area (Å²) in [6.45, 7) is 6.21. The molecule has 0 aliphatic rings. The van der Waals surface area contributed by atoms with Crippen molar-refractivity contribution in [2.75, 3.05) is 33.5 Å². The van der Waals surface area contributed by atoms with E-state index >= 15 is 0 Å². The molecule has 0 atom stereocenters. The Morgan fingerprint density at radius 2 is 1.45 bits per heavy atom. The van der Waals surface area contributed by atoms with Crippen molar-refractivity contribution >= 4 is 0 Å². The van der Waals surface area contributed by atoms with Crippen LogP contribution in [0.25, 0.3) is 11.1 Å². The summed E-state index contributed by atoms with van der Waals surface area (Å²) in [6, 6.07) is 12.1. The quantitative estimate of drug-likeness (QED) is 0.548. The third-order valence-corrected chi connectivity index (χ3v) is 3.16. The largest absolute Gasteiger partial charge is 0.491 e. The van der Waals surface area contributed by atoms with Crippen molar-refractivity contribution in [3.8, 4) is 16.9 Å². The van der Waals surface area contributed by atoms with E-state index in [1.54, 1.807) is 7.11 Å². The van der Waals surface area contributed by atoms with E-state index in [0.29, 0.717) is 26.4 Å². The van der Waals surface area contributed by atoms with Crippen LogP contribution in [0.5, 0.6) is 5.75 Å². The molecular weight excluding hydrogens is 280 g/mol. The van der Waals surface area contributed by atoms with Gasteiger partial charge in [0.15, 0.2) is 0 Å². The Morgan fingerprint density at radius 1 is 0.818 bits per heavy atom. The Balaban J connectivity index is 1.87. The molecule has 4 heteroatoms. The molecule has 0 N–H and O–H groups in total. The monoisotopic (exact) mass is 303 g/mol. The zero-order chi connectivity index (χ0) is 15.8. The molecule has 4 nitrogen and oxygen atoms in total. The van der Waals surface area contributed by atoms with Crippen LogP contribution in [0, 0.1) is 13.8 Å². The third-order valence-electron chi connectivity index (χ3n) is 3.16. The van der Waals surface area contributed by atoms with E-state index in [2.05, 4.69) is 12.1 Å². The molecule has 2 rings (SSSR count). The van der Waals surface area contributed by atoms with Crippen molar-refractivity contribution in [1.29, 1.82) is 0 Å². The van der Waals surface area contributed by atoms with Gasteiger partial charge in [0, 0.05) is 19.2 Å². The summed E-state index contributed by atoms with van der Waals surface area (Å²) in [5.41, 5.74) is 2.29. The summed E-state index contributed by atoms with van der Waals surface area (Å²) in [4.78, 5) is 0. The molecule has 2 aromatic rings. The van der Waals surface area contributed by atoms with Crippen molar-refractivity contribution in [3.05, 3.63) is 47.9 Å². The van der Waals surface area contributed by atoms with Crippen LogP contribution in [0.1, 0.15) is 11.5 Å². The van der Waals surface area contributed by atoms with E-state index in [9.17, 15) is 0 Å². The second-order valence-corrected chi connectivity index (χ2v) is 5.05. The Kier molecular flexibility index (Phi) is 6.37. The maximum atomic E-state index is 5.64. The molecule has 0 spiro atoms. The van der Waals surface area contributed by atoms with Gasteiger partial charge < -0.3 is 14.2 Å². The Bertz CT molecular complexity index is 558. The van der Waals surface area contributed by atoms with Gasteiger partial charge in [-0.3, -0.25) is 0 Å². The summed E-state index contributed by atoms with van der Waals surface area (Å²) >= 11 is 0. The molecular formula is C18H23O4+. The van der Waals surface area contributed by atoms with Gasteiger partial charge >= 0.3 is 11.5 Å². The SMILES string of the molecule is COCCOCCOc1ccc(-c2cc(C)[o+]c(C)c2)cc1. The van der Waals surface area contributed by atoms with Crippen molar-refractivity contribution in [2.45, 2.75) is 13.8 Å². The fraction of sp³-hybridized carbons (Fsp3) is 0.389. The van der Waals surface area contributed by atoms with Gasteiger partial charge in [0.05, 0.1) is 33.7 Å². The Morgan fingerprint density at radius 3 is 2.09 bits per heavy atom. The standard InChI is InChI=1S/C18H23O4/c1-14-12-17(13-15(2)22-14)16-4-6-18(7-5-16)21-11-10-20-9-8-19-3/h4-7,12-13H,8-11H2,1-3H3/q+1. The molecule has 0 aliphatic heterocycles. The van der Waals surface area contributed by atoms with E-state index in [1.165, 1.54) is 0 Å². The van der Waals surface area contributed by atoms with E-state index in [0.717, 1.165) is 28.4 Å². The predicted octanol–water partition coefficient (Wildman–Crippen LogP) is 3.89. The molecule has 0 radical (unpaired) electrons. The second kappa shape index (κ2) is 8.51. The molecule has 0 saturated carbocycles. The van der Waals surface area contributed by atoms with Crippen LogP contribution in [0.4, 0.5) is 0 Å². The zero-order valence-electron chi connectivity index (χ0n) is 13.4. The lowest BCUT2D eigenvalue weighted by atomic mass is 10.1. The van der Waals surface area contributed by atoms with Crippen molar-refractivity contribution < 1.29 is 18.6 Å². The maximum absolute atomic E-state index is 5.64. The smallest absolute Gasteiger partial charge is 0.327 e. The minimum atomic E-state index is 0.533. The number of ether oxygens (including phenoxy) is 3. The molecule has 22 heavy (non-hydrogen) atoms. The lowest BCUT2D eigenvalue weighted by Crippen LogP contribution is -2.09. The average Bonchev–Trinajstić information content (AvgIpc) is 2.50. The molecule has 0 unspecified atom stereocenters. The van der Waals surface area contributed by atoms with Gasteiger partial charge in [-0.1, -0.05) is 12.1 Å². The van der Waals surface area contributed by atoms with E-state index in [-0.39, 0.29) is 0 Å². The number of hydrogen-bond acceptors (Lipinski definition) is 3. The predicted molar refractivity (Wildman–Crippen MR) is 86.2 cm³/mol. The number of rotatable bonds is 8. The Hall–Kier alpha value is -1.91. The molecule has 1 heterocycles. The first kappa shape index (κ1) is 16.5. The molecule has 1 aromatic carbocycles. The van der Waals surface area contributed by atoms with Crippen LogP contribution < -0.4 is 4.74 Å². The minimum Gasteiger partial charge on any atom is -0.491 e. The summed E-state index contributed by atoms with van der Waals surface area (Å²) in [7, 11) is 1.66. The molecule has 1 aromatic heterocycles. The first-order valence-corrected chi connectivity index (χ1v) is 7.40. The first-order valence-electron chi connectivity index (χ1n) is 7.40. The molecule has 118 valence electrons. The molecule has 0 saturated heterocycles. The van der Waals surface area contributed by atoms with Crippen LogP contribution in [0.3, 0.4) is 0 Å². The highest BCUT2D eigenvalue weighted by Crippen LogP contribution is 2.24. The molecule has 0 fully saturated rings. The van der Waals surface area contributed by atoms with Crippen LogP contribution in [0.15, 0.2) is 40.8 Å². The van der Waals surface area contributed by atoms with Gasteiger partial charge in [-0.05, 0) is 23.3 Å².